The van der Waals surface area contributed by atoms with Crippen molar-refractivity contribution < 1.29 is 19.4 Å². The zero-order chi connectivity index (χ0) is 15.9. The van der Waals surface area contributed by atoms with E-state index >= 15 is 0 Å². The number of hydrogen-bond donors (Lipinski definition) is 2. The third-order valence-electron chi connectivity index (χ3n) is 3.32. The van der Waals surface area contributed by atoms with Gasteiger partial charge in [-0.25, -0.2) is 9.18 Å². The number of phenolic OH excluding ortho intramolecular Hbond substituents is 1. The number of phenols is 1. The number of hydrogen-bond acceptors (Lipinski definition) is 3. The smallest absolute Gasteiger partial charge is 0.341 e. The third kappa shape index (κ3) is 2.20. The molecule has 0 bridgehead atoms. The fourth-order valence-corrected chi connectivity index (χ4v) is 2.29. The largest absolute Gasteiger partial charge is 0.508 e. The standard InChI is InChI=1S/C16H10FNO4/c17-9-1-3-10(4-2-9)18-8-13(16(21)22)15(20)12-7-11(19)5-6-14(12)18/h1-8,19H,(H,21,22). The Morgan fingerprint density at radius 3 is 2.41 bits per heavy atom. The van der Waals surface area contributed by atoms with Gasteiger partial charge in [0.2, 0.25) is 5.43 Å². The van der Waals surface area contributed by atoms with Crippen molar-refractivity contribution in [1.82, 2.24) is 4.57 Å². The molecular weight excluding hydrogens is 289 g/mol. The zero-order valence-corrected chi connectivity index (χ0v) is 11.2. The molecule has 0 saturated carbocycles. The molecule has 6 heteroatoms. The summed E-state index contributed by atoms with van der Waals surface area (Å²) in [5, 5.41) is 18.8. The van der Waals surface area contributed by atoms with Crippen LogP contribution in [0.5, 0.6) is 5.75 Å². The molecule has 0 aliphatic rings. The summed E-state index contributed by atoms with van der Waals surface area (Å²) in [6.07, 6.45) is 1.19. The predicted octanol–water partition coefficient (Wildman–Crippen LogP) is 2.53. The minimum Gasteiger partial charge on any atom is -0.508 e. The lowest BCUT2D eigenvalue weighted by Gasteiger charge is -2.12. The third-order valence-corrected chi connectivity index (χ3v) is 3.32. The van der Waals surface area contributed by atoms with Gasteiger partial charge in [0.25, 0.3) is 0 Å². The second-order valence-electron chi connectivity index (χ2n) is 4.72. The first kappa shape index (κ1) is 13.8. The topological polar surface area (TPSA) is 79.5 Å². The van der Waals surface area contributed by atoms with Gasteiger partial charge in [-0.05, 0) is 42.5 Å². The van der Waals surface area contributed by atoms with Crippen molar-refractivity contribution in [1.29, 1.82) is 0 Å². The molecule has 0 radical (unpaired) electrons. The van der Waals surface area contributed by atoms with Gasteiger partial charge in [0.15, 0.2) is 0 Å². The molecule has 1 aromatic heterocycles. The van der Waals surface area contributed by atoms with Crippen molar-refractivity contribution >= 4 is 16.9 Å². The maximum Gasteiger partial charge on any atom is 0.341 e. The Kier molecular flexibility index (Phi) is 3.14. The van der Waals surface area contributed by atoms with Gasteiger partial charge in [-0.1, -0.05) is 0 Å². The second-order valence-corrected chi connectivity index (χ2v) is 4.72. The van der Waals surface area contributed by atoms with Crippen molar-refractivity contribution in [3.63, 3.8) is 0 Å². The van der Waals surface area contributed by atoms with Crippen LogP contribution >= 0.6 is 0 Å². The highest BCUT2D eigenvalue weighted by atomic mass is 19.1. The number of carbonyl (C=O) groups is 1. The van der Waals surface area contributed by atoms with Crippen molar-refractivity contribution in [3.05, 3.63) is 70.3 Å². The van der Waals surface area contributed by atoms with E-state index in [-0.39, 0.29) is 11.1 Å². The van der Waals surface area contributed by atoms with Gasteiger partial charge in [-0.2, -0.15) is 0 Å². The van der Waals surface area contributed by atoms with Gasteiger partial charge in [-0.15, -0.1) is 0 Å². The first-order chi connectivity index (χ1) is 10.5. The summed E-state index contributed by atoms with van der Waals surface area (Å²) in [4.78, 5) is 23.4. The van der Waals surface area contributed by atoms with Gasteiger partial charge in [0.05, 0.1) is 10.9 Å². The Morgan fingerprint density at radius 2 is 1.77 bits per heavy atom. The zero-order valence-electron chi connectivity index (χ0n) is 11.2. The summed E-state index contributed by atoms with van der Waals surface area (Å²) in [6.45, 7) is 0. The minimum atomic E-state index is -1.37. The summed E-state index contributed by atoms with van der Waals surface area (Å²) in [5.41, 5.74) is -0.196. The Hall–Kier alpha value is -3.15. The van der Waals surface area contributed by atoms with Gasteiger partial charge in [-0.3, -0.25) is 4.79 Å². The van der Waals surface area contributed by atoms with Crippen LogP contribution < -0.4 is 5.43 Å². The van der Waals surface area contributed by atoms with Crippen LogP contribution in [-0.2, 0) is 0 Å². The molecule has 3 aromatic rings. The van der Waals surface area contributed by atoms with Crippen LogP contribution in [-0.4, -0.2) is 20.7 Å². The number of carboxylic acid groups (broad SMARTS) is 1. The lowest BCUT2D eigenvalue weighted by atomic mass is 10.1. The Labute approximate surface area is 123 Å². The highest BCUT2D eigenvalue weighted by Gasteiger charge is 2.15. The maximum absolute atomic E-state index is 13.1. The van der Waals surface area contributed by atoms with Crippen LogP contribution in [0.3, 0.4) is 0 Å². The van der Waals surface area contributed by atoms with Gasteiger partial charge in [0, 0.05) is 11.9 Å². The molecule has 0 amide bonds. The molecule has 0 unspecified atom stereocenters. The summed E-state index contributed by atoms with van der Waals surface area (Å²) in [5.74, 6) is -1.94. The molecule has 0 fully saturated rings. The van der Waals surface area contributed by atoms with E-state index in [1.165, 1.54) is 53.2 Å². The molecule has 2 aromatic carbocycles. The quantitative estimate of drug-likeness (QED) is 0.762. The molecule has 0 spiro atoms. The van der Waals surface area contributed by atoms with E-state index in [9.17, 15) is 24.2 Å². The van der Waals surface area contributed by atoms with E-state index in [0.29, 0.717) is 11.2 Å². The van der Waals surface area contributed by atoms with Crippen LogP contribution in [0.15, 0.2) is 53.5 Å². The highest BCUT2D eigenvalue weighted by Crippen LogP contribution is 2.21. The normalized spacial score (nSPS) is 10.8. The number of aromatic nitrogens is 1. The van der Waals surface area contributed by atoms with Crippen molar-refractivity contribution in [2.75, 3.05) is 0 Å². The number of halogens is 1. The van der Waals surface area contributed by atoms with Crippen LogP contribution in [0.2, 0.25) is 0 Å². The molecule has 2 N–H and O–H groups in total. The summed E-state index contributed by atoms with van der Waals surface area (Å²) in [6, 6.07) is 9.52. The number of pyridine rings is 1. The summed E-state index contributed by atoms with van der Waals surface area (Å²) >= 11 is 0. The van der Waals surface area contributed by atoms with Gasteiger partial charge in [0.1, 0.15) is 17.1 Å². The van der Waals surface area contributed by atoms with Crippen LogP contribution in [0, 0.1) is 5.82 Å². The average Bonchev–Trinajstić information content (AvgIpc) is 2.49. The molecule has 0 atom stereocenters. The number of rotatable bonds is 2. The Bertz CT molecular complexity index is 945. The summed E-state index contributed by atoms with van der Waals surface area (Å²) < 4.78 is 14.5. The van der Waals surface area contributed by atoms with E-state index < -0.39 is 22.8 Å². The van der Waals surface area contributed by atoms with E-state index in [1.54, 1.807) is 0 Å². The van der Waals surface area contributed by atoms with Crippen molar-refractivity contribution in [2.45, 2.75) is 0 Å². The second kappa shape index (κ2) is 5.00. The summed E-state index contributed by atoms with van der Waals surface area (Å²) in [7, 11) is 0. The van der Waals surface area contributed by atoms with Crippen LogP contribution in [0.25, 0.3) is 16.6 Å². The molecule has 1 heterocycles. The highest BCUT2D eigenvalue weighted by molar-refractivity contribution is 5.93. The van der Waals surface area contributed by atoms with E-state index in [4.69, 9.17) is 0 Å². The predicted molar refractivity (Wildman–Crippen MR) is 78.1 cm³/mol. The van der Waals surface area contributed by atoms with Crippen molar-refractivity contribution in [3.8, 4) is 11.4 Å². The minimum absolute atomic E-state index is 0.0734. The molecule has 110 valence electrons. The van der Waals surface area contributed by atoms with E-state index in [1.807, 2.05) is 0 Å². The SMILES string of the molecule is O=C(O)c1cn(-c2ccc(F)cc2)c2ccc(O)cc2c1=O. The molecule has 0 saturated heterocycles. The number of aromatic carboxylic acids is 1. The molecule has 3 rings (SSSR count). The number of nitrogens with zero attached hydrogens (tertiary/aromatic N) is 1. The van der Waals surface area contributed by atoms with Gasteiger partial charge >= 0.3 is 5.97 Å². The van der Waals surface area contributed by atoms with E-state index in [2.05, 4.69) is 0 Å². The monoisotopic (exact) mass is 299 g/mol. The van der Waals surface area contributed by atoms with Gasteiger partial charge < -0.3 is 14.8 Å². The lowest BCUT2D eigenvalue weighted by Crippen LogP contribution is -2.18. The first-order valence-electron chi connectivity index (χ1n) is 6.35. The maximum atomic E-state index is 13.1. The molecule has 0 aliphatic carbocycles. The Balaban J connectivity index is 2.43. The molecule has 0 aliphatic heterocycles. The number of aromatic hydroxyl groups is 1. The van der Waals surface area contributed by atoms with Crippen molar-refractivity contribution in [2.24, 2.45) is 0 Å². The molecule has 5 nitrogen and oxygen atoms in total. The molecular formula is C16H10FNO4. The van der Waals surface area contributed by atoms with E-state index in [0.717, 1.165) is 0 Å². The molecule has 22 heavy (non-hydrogen) atoms. The van der Waals surface area contributed by atoms with Crippen LogP contribution in [0.4, 0.5) is 4.39 Å². The lowest BCUT2D eigenvalue weighted by molar-refractivity contribution is 0.0695. The number of carboxylic acids is 1. The average molecular weight is 299 g/mol. The fourth-order valence-electron chi connectivity index (χ4n) is 2.29. The van der Waals surface area contributed by atoms with Crippen LogP contribution in [0.1, 0.15) is 10.4 Å². The number of fused-ring (bicyclic) bond motifs is 1. The number of benzene rings is 2. The Morgan fingerprint density at radius 1 is 1.09 bits per heavy atom. The first-order valence-corrected chi connectivity index (χ1v) is 6.35. The fraction of sp³-hybridized carbons (Fsp3) is 0.